The normalized spacial score (nSPS) is 9.90. The molecule has 1 heterocycles. The molecule has 0 fully saturated rings. The summed E-state index contributed by atoms with van der Waals surface area (Å²) in [6, 6.07) is 3.12. The zero-order valence-electron chi connectivity index (χ0n) is 6.13. The highest BCUT2D eigenvalue weighted by Crippen LogP contribution is 1.95. The van der Waals surface area contributed by atoms with E-state index in [4.69, 9.17) is 0 Å². The van der Waals surface area contributed by atoms with E-state index in [0.29, 0.717) is 12.0 Å². The predicted molar refractivity (Wildman–Crippen MR) is 39.6 cm³/mol. The van der Waals surface area contributed by atoms with Crippen LogP contribution in [0.2, 0.25) is 0 Å². The molecule has 0 spiro atoms. The molecule has 3 heteroatoms. The Morgan fingerprint density at radius 2 is 2.00 bits per heavy atom. The largest absolute Gasteiger partial charge is 0.352 e. The Hall–Kier alpha value is -1.12. The molecular weight excluding hydrogens is 126 g/mol. The third-order valence-corrected chi connectivity index (χ3v) is 0.941. The van der Waals surface area contributed by atoms with E-state index in [2.05, 4.69) is 21.4 Å². The van der Waals surface area contributed by atoms with Crippen LogP contribution in [0.1, 0.15) is 13.8 Å². The summed E-state index contributed by atoms with van der Waals surface area (Å²) in [4.78, 5) is 7.88. The van der Waals surface area contributed by atoms with Gasteiger partial charge >= 0.3 is 0 Å². The molecule has 0 atom stereocenters. The minimum Gasteiger partial charge on any atom is -0.352 e. The lowest BCUT2D eigenvalue weighted by Crippen LogP contribution is -2.11. The Morgan fingerprint density at radius 3 is 2.50 bits per heavy atom. The first-order chi connectivity index (χ1) is 4.79. The van der Waals surface area contributed by atoms with Crippen molar-refractivity contribution in [2.75, 3.05) is 5.32 Å². The van der Waals surface area contributed by atoms with Gasteiger partial charge < -0.3 is 5.32 Å². The molecule has 0 aliphatic rings. The second-order valence-corrected chi connectivity index (χ2v) is 2.31. The first-order valence-electron chi connectivity index (χ1n) is 3.23. The van der Waals surface area contributed by atoms with Crippen molar-refractivity contribution in [1.82, 2.24) is 9.97 Å². The van der Waals surface area contributed by atoms with Gasteiger partial charge in [-0.1, -0.05) is 0 Å². The van der Waals surface area contributed by atoms with Crippen molar-refractivity contribution in [3.63, 3.8) is 0 Å². The van der Waals surface area contributed by atoms with Crippen molar-refractivity contribution in [1.29, 1.82) is 0 Å². The molecule has 0 amide bonds. The van der Waals surface area contributed by atoms with Crippen LogP contribution in [-0.2, 0) is 0 Å². The summed E-state index contributed by atoms with van der Waals surface area (Å²) in [5.41, 5.74) is 0. The van der Waals surface area contributed by atoms with Crippen LogP contribution in [0.3, 0.4) is 0 Å². The molecular formula is C7H10N3. The highest BCUT2D eigenvalue weighted by molar-refractivity contribution is 5.22. The Labute approximate surface area is 60.5 Å². The van der Waals surface area contributed by atoms with Gasteiger partial charge in [0.05, 0.1) is 0 Å². The molecule has 1 radical (unpaired) electrons. The molecule has 0 bridgehead atoms. The van der Waals surface area contributed by atoms with Gasteiger partial charge in [0.2, 0.25) is 5.95 Å². The molecule has 1 rings (SSSR count). The summed E-state index contributed by atoms with van der Waals surface area (Å²) in [5, 5.41) is 3.06. The number of anilines is 1. The van der Waals surface area contributed by atoms with Crippen LogP contribution in [0.4, 0.5) is 5.95 Å². The first kappa shape index (κ1) is 6.99. The lowest BCUT2D eigenvalue weighted by atomic mass is 10.4. The molecule has 0 aliphatic carbocycles. The van der Waals surface area contributed by atoms with E-state index in [1.807, 2.05) is 13.8 Å². The summed E-state index contributed by atoms with van der Waals surface area (Å²) >= 11 is 0. The van der Waals surface area contributed by atoms with Crippen molar-refractivity contribution in [2.45, 2.75) is 19.9 Å². The fraction of sp³-hybridized carbons (Fsp3) is 0.429. The third kappa shape index (κ3) is 2.01. The van der Waals surface area contributed by atoms with Gasteiger partial charge in [-0.2, -0.15) is 0 Å². The van der Waals surface area contributed by atoms with Gasteiger partial charge in [-0.3, -0.25) is 0 Å². The lowest BCUT2D eigenvalue weighted by molar-refractivity contribution is 0.874. The number of nitrogens with one attached hydrogen (secondary N) is 1. The fourth-order valence-electron chi connectivity index (χ4n) is 0.596. The van der Waals surface area contributed by atoms with Gasteiger partial charge in [0.15, 0.2) is 0 Å². The van der Waals surface area contributed by atoms with E-state index >= 15 is 0 Å². The quantitative estimate of drug-likeness (QED) is 0.661. The van der Waals surface area contributed by atoms with E-state index in [1.54, 1.807) is 12.4 Å². The molecule has 0 aromatic carbocycles. The van der Waals surface area contributed by atoms with Gasteiger partial charge in [-0.05, 0) is 13.8 Å². The predicted octanol–water partition coefficient (Wildman–Crippen LogP) is 1.10. The molecule has 1 aromatic heterocycles. The zero-order valence-corrected chi connectivity index (χ0v) is 6.13. The number of hydrogen-bond acceptors (Lipinski definition) is 3. The van der Waals surface area contributed by atoms with E-state index in [-0.39, 0.29) is 0 Å². The van der Waals surface area contributed by atoms with Crippen molar-refractivity contribution in [3.8, 4) is 0 Å². The van der Waals surface area contributed by atoms with Crippen molar-refractivity contribution < 1.29 is 0 Å². The Morgan fingerprint density at radius 1 is 1.40 bits per heavy atom. The maximum absolute atomic E-state index is 3.94. The summed E-state index contributed by atoms with van der Waals surface area (Å²) in [6.07, 6.45) is 3.19. The fourth-order valence-corrected chi connectivity index (χ4v) is 0.596. The zero-order chi connectivity index (χ0) is 7.40. The monoisotopic (exact) mass is 136 g/mol. The topological polar surface area (TPSA) is 37.8 Å². The number of hydrogen-bond donors (Lipinski definition) is 1. The van der Waals surface area contributed by atoms with E-state index in [0.717, 1.165) is 0 Å². The number of aromatic nitrogens is 2. The van der Waals surface area contributed by atoms with Crippen molar-refractivity contribution >= 4 is 5.95 Å². The maximum Gasteiger partial charge on any atom is 0.222 e. The average molecular weight is 136 g/mol. The molecule has 10 heavy (non-hydrogen) atoms. The third-order valence-electron chi connectivity index (χ3n) is 0.941. The summed E-state index contributed by atoms with van der Waals surface area (Å²) in [7, 11) is 0. The smallest absolute Gasteiger partial charge is 0.222 e. The van der Waals surface area contributed by atoms with Crippen LogP contribution >= 0.6 is 0 Å². The number of rotatable bonds is 2. The second-order valence-electron chi connectivity index (χ2n) is 2.31. The van der Waals surface area contributed by atoms with E-state index in [9.17, 15) is 0 Å². The highest BCUT2D eigenvalue weighted by Gasteiger charge is 1.93. The summed E-state index contributed by atoms with van der Waals surface area (Å²) < 4.78 is 0. The van der Waals surface area contributed by atoms with Gasteiger partial charge in [0.25, 0.3) is 0 Å². The first-order valence-corrected chi connectivity index (χ1v) is 3.23. The second kappa shape index (κ2) is 3.15. The van der Waals surface area contributed by atoms with E-state index < -0.39 is 0 Å². The molecule has 3 nitrogen and oxygen atoms in total. The van der Waals surface area contributed by atoms with Crippen LogP contribution in [0, 0.1) is 6.07 Å². The van der Waals surface area contributed by atoms with Crippen molar-refractivity contribution in [3.05, 3.63) is 18.5 Å². The van der Waals surface area contributed by atoms with Crippen molar-refractivity contribution in [2.24, 2.45) is 0 Å². The Bertz CT molecular complexity index is 183. The molecule has 1 aromatic rings. The van der Waals surface area contributed by atoms with Crippen LogP contribution < -0.4 is 5.32 Å². The van der Waals surface area contributed by atoms with Gasteiger partial charge in [-0.15, -0.1) is 0 Å². The molecule has 53 valence electrons. The lowest BCUT2D eigenvalue weighted by Gasteiger charge is -2.05. The maximum atomic E-state index is 3.94. The molecule has 0 unspecified atom stereocenters. The SMILES string of the molecule is CC(C)Nc1nc[c]cn1. The standard InChI is InChI=1S/C7H10N3/c1-6(2)10-7-8-4-3-5-9-7/h4-6H,1-2H3,(H,8,9,10). The Kier molecular flexibility index (Phi) is 2.20. The molecule has 1 N–H and O–H groups in total. The van der Waals surface area contributed by atoms with Gasteiger partial charge in [-0.25, -0.2) is 9.97 Å². The molecule has 0 aliphatic heterocycles. The van der Waals surface area contributed by atoms with Crippen LogP contribution in [0.25, 0.3) is 0 Å². The minimum atomic E-state index is 0.377. The molecule has 0 saturated carbocycles. The highest BCUT2D eigenvalue weighted by atomic mass is 15.1. The Balaban J connectivity index is 2.59. The minimum absolute atomic E-state index is 0.377. The van der Waals surface area contributed by atoms with Gasteiger partial charge in [0.1, 0.15) is 0 Å². The van der Waals surface area contributed by atoms with Crippen LogP contribution in [-0.4, -0.2) is 16.0 Å². The van der Waals surface area contributed by atoms with E-state index in [1.165, 1.54) is 0 Å². The molecule has 0 saturated heterocycles. The number of nitrogens with zero attached hydrogens (tertiary/aromatic N) is 2. The average Bonchev–Trinajstić information content (AvgIpc) is 1.88. The summed E-state index contributed by atoms with van der Waals surface area (Å²) in [5.74, 6) is 0.661. The van der Waals surface area contributed by atoms with Crippen LogP contribution in [0.5, 0.6) is 0 Å². The van der Waals surface area contributed by atoms with Crippen LogP contribution in [0.15, 0.2) is 12.4 Å². The van der Waals surface area contributed by atoms with Gasteiger partial charge in [0, 0.05) is 24.5 Å². The summed E-state index contributed by atoms with van der Waals surface area (Å²) in [6.45, 7) is 4.08.